The van der Waals surface area contributed by atoms with Crippen LogP contribution in [0.1, 0.15) is 9.80 Å². The number of aromatic nitrogens is 1. The number of hydrogen-bond acceptors (Lipinski definition) is 3. The first-order valence-corrected chi connectivity index (χ1v) is 6.75. The second kappa shape index (κ2) is 5.16. The number of hydrogen-bond donors (Lipinski definition) is 0. The Hall–Kier alpha value is -2.26. The summed E-state index contributed by atoms with van der Waals surface area (Å²) in [6.07, 6.45) is 2.53. The molecule has 1 heterocycles. The maximum absolute atomic E-state index is 10.6. The van der Waals surface area contributed by atoms with Gasteiger partial charge in [0.1, 0.15) is 0 Å². The molecule has 0 amide bonds. The minimum absolute atomic E-state index is 0.516. The van der Waals surface area contributed by atoms with Crippen molar-refractivity contribution in [2.45, 2.75) is 0 Å². The van der Waals surface area contributed by atoms with E-state index in [4.69, 9.17) is 0 Å². The van der Waals surface area contributed by atoms with Gasteiger partial charge < -0.3 is 0 Å². The second-order valence-corrected chi connectivity index (χ2v) is 5.19. The monoisotopic (exact) mass is 265 g/mol. The lowest BCUT2D eigenvalue weighted by Crippen LogP contribution is -1.77. The van der Waals surface area contributed by atoms with Gasteiger partial charge in [-0.1, -0.05) is 54.6 Å². The van der Waals surface area contributed by atoms with Gasteiger partial charge in [0.25, 0.3) is 0 Å². The molecule has 0 N–H and O–H groups in total. The summed E-state index contributed by atoms with van der Waals surface area (Å²) in [4.78, 5) is 15.7. The third-order valence-electron chi connectivity index (χ3n) is 2.90. The van der Waals surface area contributed by atoms with Crippen LogP contribution in [0.15, 0.2) is 60.8 Å². The fourth-order valence-electron chi connectivity index (χ4n) is 1.93. The van der Waals surface area contributed by atoms with Gasteiger partial charge in [-0.15, -0.1) is 11.3 Å². The standard InChI is InChI=1S/C16H11NOS/c18-11-16-17-10-15(19-16)14-8-6-13(7-9-14)12-4-2-1-3-5-12/h1-11H. The topological polar surface area (TPSA) is 30.0 Å². The fourth-order valence-corrected chi connectivity index (χ4v) is 2.67. The Labute approximate surface area is 115 Å². The Morgan fingerprint density at radius 2 is 1.47 bits per heavy atom. The first-order chi connectivity index (χ1) is 9.36. The molecule has 0 unspecified atom stereocenters. The van der Waals surface area contributed by atoms with E-state index in [1.165, 1.54) is 22.5 Å². The molecule has 2 nitrogen and oxygen atoms in total. The number of aldehydes is 1. The molecule has 0 fully saturated rings. The predicted molar refractivity (Wildman–Crippen MR) is 78.4 cm³/mol. The Balaban J connectivity index is 1.92. The number of benzene rings is 2. The van der Waals surface area contributed by atoms with Crippen LogP contribution in [0, 0.1) is 0 Å². The molecule has 1 aromatic heterocycles. The molecule has 3 heteroatoms. The van der Waals surface area contributed by atoms with Crippen molar-refractivity contribution in [3.8, 4) is 21.6 Å². The van der Waals surface area contributed by atoms with Crippen molar-refractivity contribution in [2.75, 3.05) is 0 Å². The average Bonchev–Trinajstić information content (AvgIpc) is 2.97. The lowest BCUT2D eigenvalue weighted by Gasteiger charge is -2.02. The number of rotatable bonds is 3. The van der Waals surface area contributed by atoms with Crippen molar-refractivity contribution in [3.05, 3.63) is 65.8 Å². The third kappa shape index (κ3) is 2.46. The predicted octanol–water partition coefficient (Wildman–Crippen LogP) is 4.29. The molecule has 0 spiro atoms. The minimum atomic E-state index is 0.516. The maximum Gasteiger partial charge on any atom is 0.178 e. The summed E-state index contributed by atoms with van der Waals surface area (Å²) in [7, 11) is 0. The molecule has 3 rings (SSSR count). The normalized spacial score (nSPS) is 10.3. The Morgan fingerprint density at radius 3 is 2.11 bits per heavy atom. The van der Waals surface area contributed by atoms with Crippen LogP contribution in [0.4, 0.5) is 0 Å². The van der Waals surface area contributed by atoms with Gasteiger partial charge in [0.05, 0.1) is 4.88 Å². The van der Waals surface area contributed by atoms with Crippen molar-refractivity contribution in [3.63, 3.8) is 0 Å². The smallest absolute Gasteiger partial charge is 0.178 e. The zero-order valence-electron chi connectivity index (χ0n) is 10.1. The molecule has 0 aliphatic carbocycles. The molecule has 0 aliphatic rings. The van der Waals surface area contributed by atoms with Gasteiger partial charge in [-0.3, -0.25) is 4.79 Å². The quantitative estimate of drug-likeness (QED) is 0.661. The van der Waals surface area contributed by atoms with Gasteiger partial charge in [0, 0.05) is 6.20 Å². The Bertz CT molecular complexity index is 686. The number of carbonyl (C=O) groups is 1. The number of carbonyl (C=O) groups excluding carboxylic acids is 1. The molecule has 0 saturated carbocycles. The lowest BCUT2D eigenvalue weighted by atomic mass is 10.0. The van der Waals surface area contributed by atoms with E-state index >= 15 is 0 Å². The number of nitrogens with zero attached hydrogens (tertiary/aromatic N) is 1. The zero-order valence-corrected chi connectivity index (χ0v) is 10.9. The third-order valence-corrected chi connectivity index (χ3v) is 3.87. The molecule has 0 radical (unpaired) electrons. The second-order valence-electron chi connectivity index (χ2n) is 4.12. The van der Waals surface area contributed by atoms with Crippen LogP contribution < -0.4 is 0 Å². The van der Waals surface area contributed by atoms with Gasteiger partial charge >= 0.3 is 0 Å². The summed E-state index contributed by atoms with van der Waals surface area (Å²) < 4.78 is 0. The highest BCUT2D eigenvalue weighted by Crippen LogP contribution is 2.28. The van der Waals surface area contributed by atoms with Gasteiger partial charge in [-0.25, -0.2) is 4.98 Å². The van der Waals surface area contributed by atoms with Crippen molar-refractivity contribution in [1.29, 1.82) is 0 Å². The van der Waals surface area contributed by atoms with Crippen molar-refractivity contribution in [2.24, 2.45) is 0 Å². The molecule has 0 saturated heterocycles. The van der Waals surface area contributed by atoms with E-state index in [9.17, 15) is 4.79 Å². The highest BCUT2D eigenvalue weighted by atomic mass is 32.1. The molecule has 0 aliphatic heterocycles. The first kappa shape index (κ1) is 11.8. The number of thiazole rings is 1. The van der Waals surface area contributed by atoms with Gasteiger partial charge in [-0.05, 0) is 16.7 Å². The van der Waals surface area contributed by atoms with Crippen molar-refractivity contribution in [1.82, 2.24) is 4.98 Å². The first-order valence-electron chi connectivity index (χ1n) is 5.94. The lowest BCUT2D eigenvalue weighted by molar-refractivity contribution is 0.112. The van der Waals surface area contributed by atoms with Gasteiger partial charge in [0.2, 0.25) is 0 Å². The summed E-state index contributed by atoms with van der Waals surface area (Å²) in [5, 5.41) is 0.516. The van der Waals surface area contributed by atoms with E-state index in [-0.39, 0.29) is 0 Å². The van der Waals surface area contributed by atoms with Gasteiger partial charge in [0.15, 0.2) is 11.3 Å². The fraction of sp³-hybridized carbons (Fsp3) is 0. The van der Waals surface area contributed by atoms with E-state index in [2.05, 4.69) is 41.4 Å². The zero-order chi connectivity index (χ0) is 13.1. The van der Waals surface area contributed by atoms with Crippen LogP contribution in [0.25, 0.3) is 21.6 Å². The van der Waals surface area contributed by atoms with E-state index in [1.54, 1.807) is 6.20 Å². The van der Waals surface area contributed by atoms with Crippen LogP contribution in [0.5, 0.6) is 0 Å². The maximum atomic E-state index is 10.6. The van der Waals surface area contributed by atoms with E-state index in [0.717, 1.165) is 16.7 Å². The van der Waals surface area contributed by atoms with E-state index in [1.807, 2.05) is 18.2 Å². The molecule has 2 aromatic carbocycles. The molecule has 92 valence electrons. The molecule has 0 atom stereocenters. The highest BCUT2D eigenvalue weighted by molar-refractivity contribution is 7.16. The average molecular weight is 265 g/mol. The van der Waals surface area contributed by atoms with Gasteiger partial charge in [-0.2, -0.15) is 0 Å². The summed E-state index contributed by atoms with van der Waals surface area (Å²) in [5.41, 5.74) is 3.47. The van der Waals surface area contributed by atoms with Crippen molar-refractivity contribution >= 4 is 17.6 Å². The summed E-state index contributed by atoms with van der Waals surface area (Å²) in [5.74, 6) is 0. The Kier molecular flexibility index (Phi) is 3.21. The molecular weight excluding hydrogens is 254 g/mol. The van der Waals surface area contributed by atoms with Crippen molar-refractivity contribution < 1.29 is 4.79 Å². The van der Waals surface area contributed by atoms with Crippen LogP contribution >= 0.6 is 11.3 Å². The summed E-state index contributed by atoms with van der Waals surface area (Å²) in [6, 6.07) is 18.5. The van der Waals surface area contributed by atoms with E-state index < -0.39 is 0 Å². The van der Waals surface area contributed by atoms with Crippen LogP contribution in [0.2, 0.25) is 0 Å². The SMILES string of the molecule is O=Cc1ncc(-c2ccc(-c3ccccc3)cc2)s1. The molecule has 19 heavy (non-hydrogen) atoms. The largest absolute Gasteiger partial charge is 0.295 e. The van der Waals surface area contributed by atoms with E-state index in [0.29, 0.717) is 5.01 Å². The molecular formula is C16H11NOS. The molecule has 0 bridgehead atoms. The molecule has 3 aromatic rings. The minimum Gasteiger partial charge on any atom is -0.295 e. The summed E-state index contributed by atoms with van der Waals surface area (Å²) in [6.45, 7) is 0. The van der Waals surface area contributed by atoms with Crippen LogP contribution in [-0.2, 0) is 0 Å². The highest BCUT2D eigenvalue weighted by Gasteiger charge is 2.04. The Morgan fingerprint density at radius 1 is 0.842 bits per heavy atom. The summed E-state index contributed by atoms with van der Waals surface area (Å²) >= 11 is 1.41. The van der Waals surface area contributed by atoms with Crippen LogP contribution in [0.3, 0.4) is 0 Å². The van der Waals surface area contributed by atoms with Crippen LogP contribution in [-0.4, -0.2) is 11.3 Å².